The van der Waals surface area contributed by atoms with Crippen molar-refractivity contribution in [2.45, 2.75) is 6.54 Å². The highest BCUT2D eigenvalue weighted by Gasteiger charge is 2.17. The van der Waals surface area contributed by atoms with E-state index in [9.17, 15) is 0 Å². The molecular weight excluding hydrogens is 340 g/mol. The molecule has 1 aliphatic rings. The number of rotatable bonds is 5. The van der Waals surface area contributed by atoms with Gasteiger partial charge >= 0.3 is 0 Å². The molecule has 0 bridgehead atoms. The Morgan fingerprint density at radius 2 is 1.81 bits per heavy atom. The molecule has 0 amide bonds. The lowest BCUT2D eigenvalue weighted by molar-refractivity contribution is 0.172. The van der Waals surface area contributed by atoms with Gasteiger partial charge in [-0.2, -0.15) is 0 Å². The SMILES string of the molecule is CN(C)Cc1cccc(Nc2ccc(-c3cccc4c3OCCO4)nn2)c1. The van der Waals surface area contributed by atoms with Crippen molar-refractivity contribution < 1.29 is 9.47 Å². The van der Waals surface area contributed by atoms with Crippen molar-refractivity contribution >= 4 is 11.5 Å². The molecule has 0 radical (unpaired) electrons. The van der Waals surface area contributed by atoms with Crippen molar-refractivity contribution in [1.82, 2.24) is 15.1 Å². The highest BCUT2D eigenvalue weighted by atomic mass is 16.6. The predicted octanol–water partition coefficient (Wildman–Crippen LogP) is 3.72. The van der Waals surface area contributed by atoms with E-state index in [-0.39, 0.29) is 0 Å². The average molecular weight is 362 g/mol. The van der Waals surface area contributed by atoms with Gasteiger partial charge in [-0.15, -0.1) is 10.2 Å². The number of nitrogens with zero attached hydrogens (tertiary/aromatic N) is 3. The van der Waals surface area contributed by atoms with Crippen LogP contribution in [0.5, 0.6) is 11.5 Å². The van der Waals surface area contributed by atoms with Crippen LogP contribution in [0.15, 0.2) is 54.6 Å². The number of fused-ring (bicyclic) bond motifs is 1. The van der Waals surface area contributed by atoms with Gasteiger partial charge in [0.05, 0.1) is 5.69 Å². The first-order valence-electron chi connectivity index (χ1n) is 8.92. The van der Waals surface area contributed by atoms with Gasteiger partial charge in [-0.25, -0.2) is 0 Å². The molecule has 0 aliphatic carbocycles. The fourth-order valence-corrected chi connectivity index (χ4v) is 3.08. The molecule has 0 saturated carbocycles. The molecule has 6 heteroatoms. The summed E-state index contributed by atoms with van der Waals surface area (Å²) in [5, 5.41) is 12.0. The van der Waals surface area contributed by atoms with Crippen molar-refractivity contribution in [3.05, 3.63) is 60.2 Å². The van der Waals surface area contributed by atoms with Gasteiger partial charge in [-0.1, -0.05) is 18.2 Å². The van der Waals surface area contributed by atoms with Crippen LogP contribution in [0.3, 0.4) is 0 Å². The minimum Gasteiger partial charge on any atom is -0.486 e. The maximum atomic E-state index is 5.77. The molecule has 0 unspecified atom stereocenters. The van der Waals surface area contributed by atoms with Crippen LogP contribution in [0, 0.1) is 0 Å². The Bertz CT molecular complexity index is 926. The van der Waals surface area contributed by atoms with Crippen LogP contribution >= 0.6 is 0 Å². The van der Waals surface area contributed by atoms with E-state index in [2.05, 4.69) is 46.6 Å². The summed E-state index contributed by atoms with van der Waals surface area (Å²) in [6.07, 6.45) is 0. The Morgan fingerprint density at radius 1 is 0.963 bits per heavy atom. The number of benzene rings is 2. The first-order valence-corrected chi connectivity index (χ1v) is 8.92. The van der Waals surface area contributed by atoms with Crippen molar-refractivity contribution in [3.8, 4) is 22.8 Å². The molecule has 1 aliphatic heterocycles. The van der Waals surface area contributed by atoms with E-state index in [1.807, 2.05) is 42.5 Å². The number of nitrogens with one attached hydrogen (secondary N) is 1. The third kappa shape index (κ3) is 4.01. The molecule has 6 nitrogen and oxygen atoms in total. The molecule has 27 heavy (non-hydrogen) atoms. The van der Waals surface area contributed by atoms with Gasteiger partial charge in [-0.3, -0.25) is 0 Å². The number of anilines is 2. The third-order valence-corrected chi connectivity index (χ3v) is 4.20. The third-order valence-electron chi connectivity index (χ3n) is 4.20. The molecule has 3 aromatic rings. The maximum absolute atomic E-state index is 5.77. The Balaban J connectivity index is 1.53. The van der Waals surface area contributed by atoms with E-state index in [0.717, 1.165) is 35.0 Å². The van der Waals surface area contributed by atoms with Gasteiger partial charge in [0.25, 0.3) is 0 Å². The first kappa shape index (κ1) is 17.3. The summed E-state index contributed by atoms with van der Waals surface area (Å²) in [6.45, 7) is 2.00. The zero-order valence-electron chi connectivity index (χ0n) is 15.5. The topological polar surface area (TPSA) is 59.5 Å². The number of para-hydroxylation sites is 1. The summed E-state index contributed by atoms with van der Waals surface area (Å²) in [7, 11) is 4.11. The number of hydrogen-bond acceptors (Lipinski definition) is 6. The Morgan fingerprint density at radius 3 is 2.63 bits per heavy atom. The summed E-state index contributed by atoms with van der Waals surface area (Å²) < 4.78 is 11.4. The summed E-state index contributed by atoms with van der Waals surface area (Å²) in [5.74, 6) is 2.18. The molecule has 138 valence electrons. The molecular formula is C21H22N4O2. The van der Waals surface area contributed by atoms with E-state index in [1.54, 1.807) is 0 Å². The highest BCUT2D eigenvalue weighted by molar-refractivity contribution is 5.72. The van der Waals surface area contributed by atoms with Gasteiger partial charge in [0.1, 0.15) is 13.2 Å². The van der Waals surface area contributed by atoms with Crippen molar-refractivity contribution in [1.29, 1.82) is 0 Å². The summed E-state index contributed by atoms with van der Waals surface area (Å²) in [5.41, 5.74) is 3.87. The van der Waals surface area contributed by atoms with Crippen LogP contribution in [0.25, 0.3) is 11.3 Å². The van der Waals surface area contributed by atoms with Crippen LogP contribution in [-0.4, -0.2) is 42.4 Å². The number of aromatic nitrogens is 2. The molecule has 4 rings (SSSR count). The lowest BCUT2D eigenvalue weighted by Gasteiger charge is -2.20. The fourth-order valence-electron chi connectivity index (χ4n) is 3.08. The smallest absolute Gasteiger partial charge is 0.170 e. The van der Waals surface area contributed by atoms with Gasteiger partial charge in [0, 0.05) is 17.8 Å². The first-order chi connectivity index (χ1) is 13.2. The quantitative estimate of drug-likeness (QED) is 0.746. The summed E-state index contributed by atoms with van der Waals surface area (Å²) >= 11 is 0. The molecule has 0 spiro atoms. The van der Waals surface area contributed by atoms with Crippen molar-refractivity contribution in [2.75, 3.05) is 32.6 Å². The summed E-state index contributed by atoms with van der Waals surface area (Å²) in [6, 6.07) is 18.0. The molecule has 0 atom stereocenters. The molecule has 0 saturated heterocycles. The molecule has 2 aromatic carbocycles. The highest BCUT2D eigenvalue weighted by Crippen LogP contribution is 2.38. The van der Waals surface area contributed by atoms with Gasteiger partial charge < -0.3 is 19.7 Å². The van der Waals surface area contributed by atoms with Gasteiger partial charge in [0.15, 0.2) is 17.3 Å². The lowest BCUT2D eigenvalue weighted by atomic mass is 10.1. The van der Waals surface area contributed by atoms with Crippen LogP contribution in [0.2, 0.25) is 0 Å². The van der Waals surface area contributed by atoms with Gasteiger partial charge in [-0.05, 0) is 56.1 Å². The van der Waals surface area contributed by atoms with E-state index < -0.39 is 0 Å². The summed E-state index contributed by atoms with van der Waals surface area (Å²) in [4.78, 5) is 2.14. The number of hydrogen-bond donors (Lipinski definition) is 1. The largest absolute Gasteiger partial charge is 0.486 e. The minimum atomic E-state index is 0.542. The Hall–Kier alpha value is -3.12. The molecule has 1 aromatic heterocycles. The normalized spacial score (nSPS) is 12.9. The molecule has 1 N–H and O–H groups in total. The molecule has 0 fully saturated rings. The monoisotopic (exact) mass is 362 g/mol. The van der Waals surface area contributed by atoms with Crippen molar-refractivity contribution in [3.63, 3.8) is 0 Å². The number of ether oxygens (including phenoxy) is 2. The second-order valence-electron chi connectivity index (χ2n) is 6.70. The zero-order valence-corrected chi connectivity index (χ0v) is 15.5. The second kappa shape index (κ2) is 7.63. The van der Waals surface area contributed by atoms with Crippen LogP contribution in [0.4, 0.5) is 11.5 Å². The standard InChI is InChI=1S/C21H22N4O2/c1-25(2)14-15-5-3-6-16(13-15)22-20-10-9-18(23-24-20)17-7-4-8-19-21(17)27-12-11-26-19/h3-10,13H,11-12,14H2,1-2H3,(H,22,24). The second-order valence-corrected chi connectivity index (χ2v) is 6.70. The Labute approximate surface area is 158 Å². The maximum Gasteiger partial charge on any atom is 0.170 e. The van der Waals surface area contributed by atoms with E-state index in [0.29, 0.717) is 19.0 Å². The van der Waals surface area contributed by atoms with Crippen LogP contribution < -0.4 is 14.8 Å². The Kier molecular flexibility index (Phi) is 4.89. The minimum absolute atomic E-state index is 0.542. The average Bonchev–Trinajstić information content (AvgIpc) is 2.68. The van der Waals surface area contributed by atoms with E-state index >= 15 is 0 Å². The zero-order chi connectivity index (χ0) is 18.6. The van der Waals surface area contributed by atoms with Gasteiger partial charge in [0.2, 0.25) is 0 Å². The van der Waals surface area contributed by atoms with E-state index in [1.165, 1.54) is 5.56 Å². The van der Waals surface area contributed by atoms with E-state index in [4.69, 9.17) is 9.47 Å². The van der Waals surface area contributed by atoms with Crippen LogP contribution in [0.1, 0.15) is 5.56 Å². The molecule has 2 heterocycles. The van der Waals surface area contributed by atoms with Crippen LogP contribution in [-0.2, 0) is 6.54 Å². The van der Waals surface area contributed by atoms with Crippen molar-refractivity contribution in [2.24, 2.45) is 0 Å². The predicted molar refractivity (Wildman–Crippen MR) is 106 cm³/mol. The fraction of sp³-hybridized carbons (Fsp3) is 0.238. The lowest BCUT2D eigenvalue weighted by Crippen LogP contribution is -2.16.